The first-order chi connectivity index (χ1) is 13.3. The van der Waals surface area contributed by atoms with Crippen LogP contribution in [0.3, 0.4) is 0 Å². The van der Waals surface area contributed by atoms with Crippen LogP contribution >= 0.6 is 11.6 Å². The number of esters is 1. The number of ether oxygens (including phenoxy) is 3. The van der Waals surface area contributed by atoms with Gasteiger partial charge in [0.1, 0.15) is 11.5 Å². The Kier molecular flexibility index (Phi) is 7.16. The monoisotopic (exact) mass is 408 g/mol. The van der Waals surface area contributed by atoms with E-state index in [1.807, 2.05) is 0 Å². The number of non-ortho nitro benzene ring substituents is 1. The maximum Gasteiger partial charge on any atom is 0.344 e. The number of nitro groups is 1. The molecule has 1 amide bonds. The van der Waals surface area contributed by atoms with Crippen LogP contribution in [0.4, 0.5) is 11.4 Å². The number of nitrogens with one attached hydrogen (secondary N) is 1. The van der Waals surface area contributed by atoms with Crippen molar-refractivity contribution in [2.75, 3.05) is 19.0 Å². The standard InChI is InChI=1S/C18H17ClN2O7/c1-11(28-17(22)10-27-14-5-3-4-12(19)8-14)18(23)20-15-7-6-13(21(24)25)9-16(15)26-2/h3-9,11H,10H2,1-2H3,(H,20,23)/t11-/m0/s1. The van der Waals surface area contributed by atoms with Crippen LogP contribution in [0.2, 0.25) is 5.02 Å². The predicted molar refractivity (Wildman–Crippen MR) is 101 cm³/mol. The average molecular weight is 409 g/mol. The molecule has 0 saturated heterocycles. The summed E-state index contributed by atoms with van der Waals surface area (Å²) in [7, 11) is 1.31. The Hall–Kier alpha value is -3.33. The van der Waals surface area contributed by atoms with Gasteiger partial charge in [0.05, 0.1) is 23.8 Å². The average Bonchev–Trinajstić information content (AvgIpc) is 2.66. The molecule has 0 radical (unpaired) electrons. The van der Waals surface area contributed by atoms with Crippen molar-refractivity contribution in [3.63, 3.8) is 0 Å². The third-order valence-electron chi connectivity index (χ3n) is 3.48. The number of nitro benzene ring substituents is 1. The molecule has 0 saturated carbocycles. The van der Waals surface area contributed by atoms with Crippen LogP contribution in [-0.4, -0.2) is 36.6 Å². The number of methoxy groups -OCH3 is 1. The minimum Gasteiger partial charge on any atom is -0.494 e. The molecule has 0 bridgehead atoms. The highest BCUT2D eigenvalue weighted by Crippen LogP contribution is 2.29. The molecule has 148 valence electrons. The summed E-state index contributed by atoms with van der Waals surface area (Å²) in [5, 5.41) is 13.7. The molecule has 2 rings (SSSR count). The van der Waals surface area contributed by atoms with Gasteiger partial charge in [-0.3, -0.25) is 14.9 Å². The molecule has 2 aromatic rings. The lowest BCUT2D eigenvalue weighted by atomic mass is 10.2. The normalized spacial score (nSPS) is 11.2. The van der Waals surface area contributed by atoms with Gasteiger partial charge < -0.3 is 19.5 Å². The van der Waals surface area contributed by atoms with Crippen molar-refractivity contribution in [2.45, 2.75) is 13.0 Å². The maximum atomic E-state index is 12.2. The summed E-state index contributed by atoms with van der Waals surface area (Å²) in [4.78, 5) is 34.3. The molecule has 0 unspecified atom stereocenters. The van der Waals surface area contributed by atoms with Gasteiger partial charge in [-0.1, -0.05) is 17.7 Å². The lowest BCUT2D eigenvalue weighted by Gasteiger charge is -2.15. The molecule has 0 spiro atoms. The third kappa shape index (κ3) is 5.85. The number of carbonyl (C=O) groups excluding carboxylic acids is 2. The van der Waals surface area contributed by atoms with Crippen LogP contribution in [0.15, 0.2) is 42.5 Å². The number of rotatable bonds is 8. The number of nitrogens with zero attached hydrogens (tertiary/aromatic N) is 1. The molecule has 0 aliphatic carbocycles. The summed E-state index contributed by atoms with van der Waals surface area (Å²) in [6, 6.07) is 10.2. The van der Waals surface area contributed by atoms with E-state index < -0.39 is 29.5 Å². The van der Waals surface area contributed by atoms with E-state index in [0.717, 1.165) is 0 Å². The van der Waals surface area contributed by atoms with Crippen molar-refractivity contribution in [1.29, 1.82) is 0 Å². The van der Waals surface area contributed by atoms with Crippen molar-refractivity contribution >= 4 is 34.9 Å². The van der Waals surface area contributed by atoms with E-state index in [4.69, 9.17) is 25.8 Å². The number of carbonyl (C=O) groups is 2. The number of anilines is 1. The SMILES string of the molecule is COc1cc([N+](=O)[O-])ccc1NC(=O)[C@H](C)OC(=O)COc1cccc(Cl)c1. The van der Waals surface area contributed by atoms with E-state index in [0.29, 0.717) is 10.8 Å². The second-order valence-corrected chi connectivity index (χ2v) is 5.95. The summed E-state index contributed by atoms with van der Waals surface area (Å²) in [6.45, 7) is 0.975. The molecule has 0 aromatic heterocycles. The minimum absolute atomic E-state index is 0.102. The van der Waals surface area contributed by atoms with Crippen molar-refractivity contribution in [1.82, 2.24) is 0 Å². The van der Waals surface area contributed by atoms with E-state index in [1.54, 1.807) is 18.2 Å². The predicted octanol–water partition coefficient (Wildman–Crippen LogP) is 3.21. The zero-order chi connectivity index (χ0) is 20.7. The Bertz CT molecular complexity index is 888. The van der Waals surface area contributed by atoms with E-state index in [2.05, 4.69) is 5.32 Å². The van der Waals surface area contributed by atoms with Gasteiger partial charge in [-0.05, 0) is 31.2 Å². The number of hydrogen-bond acceptors (Lipinski definition) is 7. The lowest BCUT2D eigenvalue weighted by Crippen LogP contribution is -2.31. The fraction of sp³-hybridized carbons (Fsp3) is 0.222. The van der Waals surface area contributed by atoms with Crippen LogP contribution < -0.4 is 14.8 Å². The van der Waals surface area contributed by atoms with Gasteiger partial charge in [0, 0.05) is 11.1 Å². The number of benzene rings is 2. The van der Waals surface area contributed by atoms with Crippen molar-refractivity contribution < 1.29 is 28.7 Å². The fourth-order valence-electron chi connectivity index (χ4n) is 2.11. The molecule has 2 aromatic carbocycles. The van der Waals surface area contributed by atoms with Gasteiger partial charge >= 0.3 is 5.97 Å². The summed E-state index contributed by atoms with van der Waals surface area (Å²) >= 11 is 5.82. The molecule has 0 aliphatic heterocycles. The van der Waals surface area contributed by atoms with Gasteiger partial charge in [-0.15, -0.1) is 0 Å². The highest BCUT2D eigenvalue weighted by Gasteiger charge is 2.20. The third-order valence-corrected chi connectivity index (χ3v) is 3.72. The fourth-order valence-corrected chi connectivity index (χ4v) is 2.30. The first kappa shape index (κ1) is 21.0. The second-order valence-electron chi connectivity index (χ2n) is 5.51. The highest BCUT2D eigenvalue weighted by molar-refractivity contribution is 6.30. The summed E-state index contributed by atoms with van der Waals surface area (Å²) < 4.78 is 15.3. The molecular formula is C18H17ClN2O7. The highest BCUT2D eigenvalue weighted by atomic mass is 35.5. The molecule has 0 aliphatic rings. The molecule has 0 heterocycles. The van der Waals surface area contributed by atoms with E-state index in [1.165, 1.54) is 38.3 Å². The largest absolute Gasteiger partial charge is 0.494 e. The summed E-state index contributed by atoms with van der Waals surface area (Å²) in [5.41, 5.74) is 0.0173. The van der Waals surface area contributed by atoms with E-state index in [9.17, 15) is 19.7 Å². The van der Waals surface area contributed by atoms with Crippen molar-refractivity contribution in [3.8, 4) is 11.5 Å². The van der Waals surface area contributed by atoms with Crippen LogP contribution in [-0.2, 0) is 14.3 Å². The zero-order valence-corrected chi connectivity index (χ0v) is 15.8. The van der Waals surface area contributed by atoms with Crippen LogP contribution in [0.25, 0.3) is 0 Å². The summed E-state index contributed by atoms with van der Waals surface area (Å²) in [6.07, 6.45) is -1.13. The molecule has 9 nitrogen and oxygen atoms in total. The van der Waals surface area contributed by atoms with Crippen LogP contribution in [0, 0.1) is 10.1 Å². The number of amides is 1. The van der Waals surface area contributed by atoms with Crippen LogP contribution in [0.5, 0.6) is 11.5 Å². The Morgan fingerprint density at radius 2 is 2.00 bits per heavy atom. The molecule has 0 fully saturated rings. The quantitative estimate of drug-likeness (QED) is 0.405. The number of hydrogen-bond donors (Lipinski definition) is 1. The molecule has 28 heavy (non-hydrogen) atoms. The first-order valence-corrected chi connectivity index (χ1v) is 8.39. The van der Waals surface area contributed by atoms with Crippen molar-refractivity contribution in [3.05, 3.63) is 57.6 Å². The van der Waals surface area contributed by atoms with Gasteiger partial charge in [0.2, 0.25) is 0 Å². The minimum atomic E-state index is -1.13. The maximum absolute atomic E-state index is 12.2. The molecular weight excluding hydrogens is 392 g/mol. The van der Waals surface area contributed by atoms with Gasteiger partial charge in [-0.25, -0.2) is 4.79 Å². The number of halogens is 1. The molecule has 10 heteroatoms. The Labute approximate surface area is 165 Å². The Morgan fingerprint density at radius 1 is 1.25 bits per heavy atom. The zero-order valence-electron chi connectivity index (χ0n) is 15.0. The lowest BCUT2D eigenvalue weighted by molar-refractivity contribution is -0.384. The second kappa shape index (κ2) is 9.56. The topological polar surface area (TPSA) is 117 Å². The Morgan fingerprint density at radius 3 is 2.64 bits per heavy atom. The van der Waals surface area contributed by atoms with E-state index in [-0.39, 0.29) is 17.1 Å². The van der Waals surface area contributed by atoms with Crippen molar-refractivity contribution in [2.24, 2.45) is 0 Å². The van der Waals surface area contributed by atoms with Gasteiger partial charge in [0.25, 0.3) is 11.6 Å². The summed E-state index contributed by atoms with van der Waals surface area (Å²) in [5.74, 6) is -0.899. The van der Waals surface area contributed by atoms with Gasteiger partial charge in [-0.2, -0.15) is 0 Å². The first-order valence-electron chi connectivity index (χ1n) is 8.01. The van der Waals surface area contributed by atoms with Gasteiger partial charge in [0.15, 0.2) is 12.7 Å². The Balaban J connectivity index is 1.91. The van der Waals surface area contributed by atoms with Crippen LogP contribution in [0.1, 0.15) is 6.92 Å². The smallest absolute Gasteiger partial charge is 0.344 e. The van der Waals surface area contributed by atoms with E-state index >= 15 is 0 Å². The molecule has 1 atom stereocenters. The molecule has 1 N–H and O–H groups in total.